The molecule has 7 nitrogen and oxygen atoms in total. The summed E-state index contributed by atoms with van der Waals surface area (Å²) in [4.78, 5) is 35.8. The van der Waals surface area contributed by atoms with E-state index in [4.69, 9.17) is 10.5 Å². The smallest absolute Gasteiger partial charge is 0.326 e. The second-order valence-corrected chi connectivity index (χ2v) is 10.2. The molecule has 0 aromatic carbocycles. The fraction of sp³-hybridized carbons (Fsp3) is 0.774. The summed E-state index contributed by atoms with van der Waals surface area (Å²) < 4.78 is 5.79. The zero-order chi connectivity index (χ0) is 28.3. The van der Waals surface area contributed by atoms with Gasteiger partial charge in [-0.2, -0.15) is 0 Å². The highest BCUT2D eigenvalue weighted by molar-refractivity contribution is 5.83. The van der Waals surface area contributed by atoms with E-state index < -0.39 is 12.0 Å². The molecule has 1 amide bonds. The lowest BCUT2D eigenvalue weighted by Crippen LogP contribution is -2.40. The van der Waals surface area contributed by atoms with Crippen molar-refractivity contribution in [3.63, 3.8) is 0 Å². The maximum Gasteiger partial charge on any atom is 0.326 e. The van der Waals surface area contributed by atoms with Crippen LogP contribution in [0.2, 0.25) is 0 Å². The Bertz CT molecular complexity index is 663. The number of amides is 1. The largest absolute Gasteiger partial charge is 0.480 e. The highest BCUT2D eigenvalue weighted by Gasteiger charge is 2.18. The molecule has 0 aromatic rings. The zero-order valence-corrected chi connectivity index (χ0v) is 24.3. The van der Waals surface area contributed by atoms with Gasteiger partial charge >= 0.3 is 11.9 Å². The third-order valence-corrected chi connectivity index (χ3v) is 6.48. The third-order valence-electron chi connectivity index (χ3n) is 6.48. The van der Waals surface area contributed by atoms with E-state index in [1.165, 1.54) is 32.1 Å². The van der Waals surface area contributed by atoms with Gasteiger partial charge in [0.05, 0.1) is 0 Å². The van der Waals surface area contributed by atoms with Gasteiger partial charge in [-0.1, -0.05) is 89.9 Å². The number of carboxylic acids is 1. The molecule has 0 radical (unpaired) electrons. The second kappa shape index (κ2) is 26.5. The van der Waals surface area contributed by atoms with E-state index in [1.807, 2.05) is 6.08 Å². The summed E-state index contributed by atoms with van der Waals surface area (Å²) >= 11 is 0. The van der Waals surface area contributed by atoms with Crippen molar-refractivity contribution < 1.29 is 24.2 Å². The molecule has 2 unspecified atom stereocenters. The average Bonchev–Trinajstić information content (AvgIpc) is 2.89. The minimum atomic E-state index is -1.02. The highest BCUT2D eigenvalue weighted by atomic mass is 16.5. The van der Waals surface area contributed by atoms with E-state index >= 15 is 0 Å². The minimum absolute atomic E-state index is 0.117. The van der Waals surface area contributed by atoms with E-state index in [0.717, 1.165) is 57.8 Å². The molecule has 0 aliphatic rings. The van der Waals surface area contributed by atoms with Crippen molar-refractivity contribution in [3.8, 4) is 0 Å². The normalized spacial score (nSPS) is 13.1. The lowest BCUT2D eigenvalue weighted by atomic mass is 10.1. The quantitative estimate of drug-likeness (QED) is 0.0623. The molecule has 4 N–H and O–H groups in total. The summed E-state index contributed by atoms with van der Waals surface area (Å²) in [6.07, 6.45) is 25.3. The number of hydrogen-bond acceptors (Lipinski definition) is 5. The van der Waals surface area contributed by atoms with Crippen LogP contribution in [0.3, 0.4) is 0 Å². The van der Waals surface area contributed by atoms with Gasteiger partial charge in [0.1, 0.15) is 12.1 Å². The summed E-state index contributed by atoms with van der Waals surface area (Å²) in [6, 6.07) is -0.869. The van der Waals surface area contributed by atoms with Crippen molar-refractivity contribution in [2.75, 3.05) is 6.54 Å². The van der Waals surface area contributed by atoms with E-state index in [2.05, 4.69) is 37.4 Å². The third kappa shape index (κ3) is 23.0. The number of carbonyl (C=O) groups excluding carboxylic acids is 2. The monoisotopic (exact) mass is 536 g/mol. The summed E-state index contributed by atoms with van der Waals surface area (Å²) in [7, 11) is 0. The number of ether oxygens (including phenoxy) is 1. The summed E-state index contributed by atoms with van der Waals surface area (Å²) in [5, 5.41) is 11.8. The van der Waals surface area contributed by atoms with E-state index in [0.29, 0.717) is 38.6 Å². The molecule has 2 atom stereocenters. The molecule has 0 aliphatic heterocycles. The number of carboxylic acid groups (broad SMARTS) is 1. The molecule has 0 saturated heterocycles. The lowest BCUT2D eigenvalue weighted by Gasteiger charge is -2.15. The van der Waals surface area contributed by atoms with Crippen LogP contribution in [0.15, 0.2) is 24.3 Å². The van der Waals surface area contributed by atoms with Gasteiger partial charge in [0.15, 0.2) is 0 Å². The summed E-state index contributed by atoms with van der Waals surface area (Å²) in [5.74, 6) is -1.37. The number of carbonyl (C=O) groups is 3. The van der Waals surface area contributed by atoms with Crippen LogP contribution < -0.4 is 11.1 Å². The molecule has 0 aliphatic carbocycles. The molecule has 0 spiro atoms. The Balaban J connectivity index is 4.37. The molecule has 7 heteroatoms. The molecule has 0 rings (SSSR count). The Morgan fingerprint density at radius 1 is 0.789 bits per heavy atom. The second-order valence-electron chi connectivity index (χ2n) is 10.2. The molecule has 0 aromatic heterocycles. The van der Waals surface area contributed by atoms with Gasteiger partial charge in [0.25, 0.3) is 0 Å². The van der Waals surface area contributed by atoms with Crippen molar-refractivity contribution in [2.45, 2.75) is 148 Å². The summed E-state index contributed by atoms with van der Waals surface area (Å²) in [6.45, 7) is 4.77. The lowest BCUT2D eigenvalue weighted by molar-refractivity contribution is -0.147. The number of nitrogens with two attached hydrogens (primary N) is 1. The van der Waals surface area contributed by atoms with Crippen molar-refractivity contribution >= 4 is 17.8 Å². The average molecular weight is 537 g/mol. The first-order valence-electron chi connectivity index (χ1n) is 15.2. The zero-order valence-electron chi connectivity index (χ0n) is 24.3. The number of rotatable bonds is 26. The molecule has 0 bridgehead atoms. The van der Waals surface area contributed by atoms with Crippen molar-refractivity contribution in [3.05, 3.63) is 24.3 Å². The fourth-order valence-corrected chi connectivity index (χ4v) is 4.17. The number of hydrogen-bond donors (Lipinski definition) is 3. The van der Waals surface area contributed by atoms with Crippen LogP contribution in [0.1, 0.15) is 136 Å². The topological polar surface area (TPSA) is 119 Å². The Morgan fingerprint density at radius 3 is 2.11 bits per heavy atom. The minimum Gasteiger partial charge on any atom is -0.480 e. The first-order valence-corrected chi connectivity index (χ1v) is 15.2. The van der Waals surface area contributed by atoms with Gasteiger partial charge in [0.2, 0.25) is 5.91 Å². The molecule has 0 heterocycles. The number of allylic oxidation sites excluding steroid dienone is 3. The van der Waals surface area contributed by atoms with Gasteiger partial charge in [-0.05, 0) is 64.0 Å². The maximum absolute atomic E-state index is 12.4. The van der Waals surface area contributed by atoms with Gasteiger partial charge in [-0.15, -0.1) is 0 Å². The Morgan fingerprint density at radius 2 is 1.45 bits per heavy atom. The molecule has 0 saturated carbocycles. The fourth-order valence-electron chi connectivity index (χ4n) is 4.17. The maximum atomic E-state index is 12.4. The Hall–Kier alpha value is -2.15. The van der Waals surface area contributed by atoms with Crippen LogP contribution in [0.4, 0.5) is 0 Å². The van der Waals surface area contributed by atoms with Crippen molar-refractivity contribution in [2.24, 2.45) is 5.73 Å². The van der Waals surface area contributed by atoms with Crippen LogP contribution in [0.25, 0.3) is 0 Å². The number of nitrogens with one attached hydrogen (secondary N) is 1. The highest BCUT2D eigenvalue weighted by Crippen LogP contribution is 2.14. The molecule has 220 valence electrons. The molecular formula is C31H56N2O5. The predicted molar refractivity (Wildman–Crippen MR) is 156 cm³/mol. The molecule has 0 fully saturated rings. The number of aliphatic carboxylic acids is 1. The van der Waals surface area contributed by atoms with Gasteiger partial charge in [-0.3, -0.25) is 9.59 Å². The van der Waals surface area contributed by atoms with E-state index in [-0.39, 0.29) is 18.0 Å². The van der Waals surface area contributed by atoms with Crippen LogP contribution in [-0.2, 0) is 19.1 Å². The van der Waals surface area contributed by atoms with Crippen LogP contribution in [-0.4, -0.2) is 41.6 Å². The Labute approximate surface area is 232 Å². The standard InChI is InChI=1S/C31H56N2O5/c1-3-5-7-9-11-13-19-25-30(35)38-27(21-16-12-10-8-6-4-2)22-17-14-15-18-24-29(34)33-28(31(36)37)23-20-26-32/h8,10,16,21,27-28H,3-7,9,11-15,17-20,22-26,32H2,1-2H3,(H,33,34)(H,36,37)/b10-8-,21-16-. The summed E-state index contributed by atoms with van der Waals surface area (Å²) in [5.41, 5.74) is 5.44. The number of esters is 1. The van der Waals surface area contributed by atoms with Crippen LogP contribution >= 0.6 is 0 Å². The Kier molecular flexibility index (Phi) is 25.0. The molecule has 38 heavy (non-hydrogen) atoms. The molecular weight excluding hydrogens is 480 g/mol. The van der Waals surface area contributed by atoms with Crippen LogP contribution in [0, 0.1) is 0 Å². The van der Waals surface area contributed by atoms with Gasteiger partial charge in [-0.25, -0.2) is 4.79 Å². The van der Waals surface area contributed by atoms with E-state index in [1.54, 1.807) is 0 Å². The van der Waals surface area contributed by atoms with E-state index in [9.17, 15) is 19.5 Å². The first-order chi connectivity index (χ1) is 18.4. The van der Waals surface area contributed by atoms with Crippen molar-refractivity contribution in [1.29, 1.82) is 0 Å². The SMILES string of the molecule is CCC/C=C\C/C=C\C(CCCCCCC(=O)NC(CCCN)C(=O)O)OC(=O)CCCCCCCCC. The van der Waals surface area contributed by atoms with Gasteiger partial charge in [0, 0.05) is 12.8 Å². The van der Waals surface area contributed by atoms with Crippen LogP contribution in [0.5, 0.6) is 0 Å². The van der Waals surface area contributed by atoms with Gasteiger partial charge < -0.3 is 20.9 Å². The predicted octanol–water partition coefficient (Wildman–Crippen LogP) is 6.99. The van der Waals surface area contributed by atoms with Crippen molar-refractivity contribution in [1.82, 2.24) is 5.32 Å². The number of unbranched alkanes of at least 4 members (excludes halogenated alkanes) is 10. The first kappa shape index (κ1) is 35.9.